The van der Waals surface area contributed by atoms with E-state index in [2.05, 4.69) is 0 Å². The van der Waals surface area contributed by atoms with Crippen LogP contribution < -0.4 is 0 Å². The van der Waals surface area contributed by atoms with Gasteiger partial charge in [-0.05, 0) is 16.7 Å². The van der Waals surface area contributed by atoms with Crippen LogP contribution in [0.15, 0.2) is 54.6 Å². The van der Waals surface area contributed by atoms with Crippen LogP contribution in [-0.2, 0) is 15.6 Å². The van der Waals surface area contributed by atoms with Crippen LogP contribution in [-0.4, -0.2) is 14.7 Å². The van der Waals surface area contributed by atoms with Crippen molar-refractivity contribution in [1.29, 1.82) is 0 Å². The van der Waals surface area contributed by atoms with E-state index in [1.807, 2.05) is 54.6 Å². The molecular weight excluding hydrogens is 232 g/mol. The average molecular weight is 246 g/mol. The average Bonchev–Trinajstić information content (AvgIpc) is 2.29. The molecule has 3 heteroatoms. The third kappa shape index (κ3) is 3.43. The summed E-state index contributed by atoms with van der Waals surface area (Å²) in [5, 5.41) is 0. The summed E-state index contributed by atoms with van der Waals surface area (Å²) < 4.78 is 22.3. The second-order valence-corrected chi connectivity index (χ2v) is 6.27. The normalized spacial score (nSPS) is 11.4. The lowest BCUT2D eigenvalue weighted by Crippen LogP contribution is -2.00. The highest BCUT2D eigenvalue weighted by atomic mass is 32.2. The fourth-order valence-electron chi connectivity index (χ4n) is 1.73. The molecule has 0 aliphatic rings. The highest BCUT2D eigenvalue weighted by molar-refractivity contribution is 7.89. The van der Waals surface area contributed by atoms with Crippen molar-refractivity contribution in [2.45, 2.75) is 5.75 Å². The highest BCUT2D eigenvalue weighted by Gasteiger charge is 2.04. The molecule has 0 spiro atoms. The minimum atomic E-state index is -2.95. The summed E-state index contributed by atoms with van der Waals surface area (Å²) in [5.74, 6) is 0.0993. The molecule has 0 aliphatic carbocycles. The molecule has 0 saturated carbocycles. The third-order valence-corrected chi connectivity index (χ3v) is 3.35. The number of rotatable bonds is 3. The summed E-state index contributed by atoms with van der Waals surface area (Å²) >= 11 is 0. The van der Waals surface area contributed by atoms with Gasteiger partial charge in [0, 0.05) is 6.26 Å². The molecule has 0 amide bonds. The fraction of sp³-hybridized carbons (Fsp3) is 0.143. The number of hydrogen-bond acceptors (Lipinski definition) is 2. The maximum Gasteiger partial charge on any atom is 0.151 e. The van der Waals surface area contributed by atoms with Crippen LogP contribution in [0, 0.1) is 0 Å². The minimum Gasteiger partial charge on any atom is -0.229 e. The van der Waals surface area contributed by atoms with Gasteiger partial charge in [-0.3, -0.25) is 0 Å². The summed E-state index contributed by atoms with van der Waals surface area (Å²) in [6.07, 6.45) is 1.25. The Morgan fingerprint density at radius 2 is 1.35 bits per heavy atom. The first-order valence-corrected chi connectivity index (χ1v) is 7.43. The van der Waals surface area contributed by atoms with Gasteiger partial charge in [-0.2, -0.15) is 0 Å². The van der Waals surface area contributed by atoms with Gasteiger partial charge in [-0.25, -0.2) is 8.42 Å². The van der Waals surface area contributed by atoms with Crippen LogP contribution in [0.2, 0.25) is 0 Å². The maximum atomic E-state index is 11.2. The molecule has 0 aromatic heterocycles. The molecule has 88 valence electrons. The zero-order valence-corrected chi connectivity index (χ0v) is 10.4. The second kappa shape index (κ2) is 4.72. The smallest absolute Gasteiger partial charge is 0.151 e. The van der Waals surface area contributed by atoms with Gasteiger partial charge in [0.15, 0.2) is 9.84 Å². The second-order valence-electron chi connectivity index (χ2n) is 4.13. The molecule has 0 bridgehead atoms. The Morgan fingerprint density at radius 1 is 0.824 bits per heavy atom. The molecule has 0 saturated heterocycles. The van der Waals surface area contributed by atoms with Crippen LogP contribution in [0.3, 0.4) is 0 Å². The van der Waals surface area contributed by atoms with Crippen molar-refractivity contribution in [3.05, 3.63) is 60.2 Å². The minimum absolute atomic E-state index is 0.0993. The third-order valence-electron chi connectivity index (χ3n) is 2.49. The first-order valence-electron chi connectivity index (χ1n) is 5.37. The predicted molar refractivity (Wildman–Crippen MR) is 70.4 cm³/mol. The van der Waals surface area contributed by atoms with Gasteiger partial charge >= 0.3 is 0 Å². The summed E-state index contributed by atoms with van der Waals surface area (Å²) in [6, 6.07) is 17.6. The van der Waals surface area contributed by atoms with E-state index in [0.29, 0.717) is 0 Å². The monoisotopic (exact) mass is 246 g/mol. The number of sulfone groups is 1. The van der Waals surface area contributed by atoms with Gasteiger partial charge in [-0.15, -0.1) is 0 Å². The van der Waals surface area contributed by atoms with E-state index >= 15 is 0 Å². The van der Waals surface area contributed by atoms with E-state index in [0.717, 1.165) is 16.7 Å². The van der Waals surface area contributed by atoms with Crippen molar-refractivity contribution >= 4 is 9.84 Å². The molecule has 0 unspecified atom stereocenters. The zero-order valence-electron chi connectivity index (χ0n) is 9.63. The van der Waals surface area contributed by atoms with Gasteiger partial charge in [0.1, 0.15) is 0 Å². The van der Waals surface area contributed by atoms with E-state index in [-0.39, 0.29) is 5.75 Å². The van der Waals surface area contributed by atoms with Crippen LogP contribution in [0.25, 0.3) is 11.1 Å². The van der Waals surface area contributed by atoms with Gasteiger partial charge in [0.2, 0.25) is 0 Å². The molecule has 0 radical (unpaired) electrons. The number of benzene rings is 2. The van der Waals surface area contributed by atoms with Crippen molar-refractivity contribution in [3.63, 3.8) is 0 Å². The first kappa shape index (κ1) is 11.9. The maximum absolute atomic E-state index is 11.2. The van der Waals surface area contributed by atoms with E-state index in [4.69, 9.17) is 0 Å². The molecule has 0 atom stereocenters. The topological polar surface area (TPSA) is 34.1 Å². The van der Waals surface area contributed by atoms with Gasteiger partial charge < -0.3 is 0 Å². The molecule has 2 rings (SSSR count). The van der Waals surface area contributed by atoms with Crippen LogP contribution in [0.5, 0.6) is 0 Å². The molecule has 0 N–H and O–H groups in total. The van der Waals surface area contributed by atoms with Gasteiger partial charge in [0.05, 0.1) is 5.75 Å². The lowest BCUT2D eigenvalue weighted by Gasteiger charge is -2.03. The van der Waals surface area contributed by atoms with E-state index in [9.17, 15) is 8.42 Å². The number of hydrogen-bond donors (Lipinski definition) is 0. The first-order chi connectivity index (χ1) is 8.04. The lowest BCUT2D eigenvalue weighted by atomic mass is 10.0. The predicted octanol–water partition coefficient (Wildman–Crippen LogP) is 2.90. The molecule has 0 fully saturated rings. The van der Waals surface area contributed by atoms with Crippen molar-refractivity contribution < 1.29 is 8.42 Å². The molecule has 2 nitrogen and oxygen atoms in total. The van der Waals surface area contributed by atoms with Crippen LogP contribution in [0.4, 0.5) is 0 Å². The van der Waals surface area contributed by atoms with Gasteiger partial charge in [-0.1, -0.05) is 54.6 Å². The Morgan fingerprint density at radius 3 is 1.88 bits per heavy atom. The molecule has 2 aromatic carbocycles. The van der Waals surface area contributed by atoms with E-state index in [1.165, 1.54) is 6.26 Å². The molecular formula is C14H14O2S. The van der Waals surface area contributed by atoms with E-state index in [1.54, 1.807) is 0 Å². The summed E-state index contributed by atoms with van der Waals surface area (Å²) in [6.45, 7) is 0. The standard InChI is InChI=1S/C14H14O2S/c1-17(15,16)11-12-7-9-14(10-8-12)13-5-3-2-4-6-13/h2-10H,11H2,1H3. The molecule has 0 heterocycles. The van der Waals surface area contributed by atoms with Crippen LogP contribution >= 0.6 is 0 Å². The molecule has 0 aliphatic heterocycles. The lowest BCUT2D eigenvalue weighted by molar-refractivity contribution is 0.601. The van der Waals surface area contributed by atoms with E-state index < -0.39 is 9.84 Å². The largest absolute Gasteiger partial charge is 0.229 e. The SMILES string of the molecule is CS(=O)(=O)Cc1ccc(-c2ccccc2)cc1. The fourth-order valence-corrected chi connectivity index (χ4v) is 2.52. The Labute approximate surface area is 102 Å². The highest BCUT2D eigenvalue weighted by Crippen LogP contribution is 2.19. The molecule has 2 aromatic rings. The summed E-state index contributed by atoms with van der Waals surface area (Å²) in [7, 11) is -2.95. The quantitative estimate of drug-likeness (QED) is 0.834. The van der Waals surface area contributed by atoms with Crippen LogP contribution in [0.1, 0.15) is 5.56 Å². The Hall–Kier alpha value is -1.61. The molecule has 17 heavy (non-hydrogen) atoms. The Balaban J connectivity index is 2.25. The van der Waals surface area contributed by atoms with Crippen molar-refractivity contribution in [2.24, 2.45) is 0 Å². The Bertz CT molecular complexity index is 584. The van der Waals surface area contributed by atoms with Crippen molar-refractivity contribution in [3.8, 4) is 11.1 Å². The summed E-state index contributed by atoms with van der Waals surface area (Å²) in [5.41, 5.74) is 3.06. The van der Waals surface area contributed by atoms with Gasteiger partial charge in [0.25, 0.3) is 0 Å². The summed E-state index contributed by atoms with van der Waals surface area (Å²) in [4.78, 5) is 0. The van der Waals surface area contributed by atoms with Crippen molar-refractivity contribution in [1.82, 2.24) is 0 Å². The van der Waals surface area contributed by atoms with Crippen molar-refractivity contribution in [2.75, 3.05) is 6.26 Å². The Kier molecular flexibility index (Phi) is 3.29. The zero-order chi connectivity index (χ0) is 12.3.